The van der Waals surface area contributed by atoms with E-state index in [1.807, 2.05) is 158 Å². The Morgan fingerprint density at radius 1 is 0.453 bits per heavy atom. The van der Waals surface area contributed by atoms with Crippen molar-refractivity contribution in [3.63, 3.8) is 0 Å². The lowest BCUT2D eigenvalue weighted by molar-refractivity contribution is -0.0876. The number of nitrogens with zero attached hydrogens (tertiary/aromatic N) is 14. The summed E-state index contributed by atoms with van der Waals surface area (Å²) in [7, 11) is 2.19. The molecule has 534 valence electrons. The molecule has 30 heteroatoms. The molecule has 2 aliphatic heterocycles. The van der Waals surface area contributed by atoms with Gasteiger partial charge in [-0.1, -0.05) is 156 Å². The number of amides is 2. The molecule has 2 amide bonds. The van der Waals surface area contributed by atoms with E-state index >= 15 is 4.57 Å². The minimum atomic E-state index is -4.08. The second kappa shape index (κ2) is 31.7. The van der Waals surface area contributed by atoms with Crippen molar-refractivity contribution in [2.75, 3.05) is 52.3 Å². The second-order valence-corrected chi connectivity index (χ2v) is 25.3. The maximum atomic E-state index is 15.9. The fourth-order valence-corrected chi connectivity index (χ4v) is 14.4. The molecule has 29 nitrogen and oxygen atoms in total. The van der Waals surface area contributed by atoms with Crippen molar-refractivity contribution >= 4 is 54.0 Å². The zero-order valence-corrected chi connectivity index (χ0v) is 58.2. The van der Waals surface area contributed by atoms with Gasteiger partial charge in [-0.25, -0.2) is 29.9 Å². The Labute approximate surface area is 606 Å². The minimum Gasteiger partial charge on any atom is -0.497 e. The summed E-state index contributed by atoms with van der Waals surface area (Å²) in [6.45, 7) is -0.705. The minimum absolute atomic E-state index is 0.0370. The summed E-state index contributed by atoms with van der Waals surface area (Å²) in [5, 5.41) is 14.3. The Hall–Kier alpha value is -12.4. The third kappa shape index (κ3) is 14.0. The lowest BCUT2D eigenvalue weighted by atomic mass is 9.80. The van der Waals surface area contributed by atoms with Crippen LogP contribution in [0.25, 0.3) is 43.2 Å². The summed E-state index contributed by atoms with van der Waals surface area (Å²) in [4.78, 5) is 61.5. The van der Waals surface area contributed by atoms with Gasteiger partial charge in [-0.3, -0.25) is 23.3 Å². The van der Waals surface area contributed by atoms with E-state index in [0.29, 0.717) is 67.5 Å². The molecule has 6 heterocycles. The largest absolute Gasteiger partial charge is 0.497 e. The van der Waals surface area contributed by atoms with Gasteiger partial charge in [0.15, 0.2) is 46.4 Å². The summed E-state index contributed by atoms with van der Waals surface area (Å²) < 4.78 is 83.7. The maximum Gasteiger partial charge on any atom is 0.320 e. The Morgan fingerprint density at radius 3 is 1.08 bits per heavy atom. The third-order valence-electron chi connectivity index (χ3n) is 18.5. The van der Waals surface area contributed by atoms with E-state index < -0.39 is 80.2 Å². The average Bonchev–Trinajstić information content (AvgIpc) is 1.25. The van der Waals surface area contributed by atoms with Crippen LogP contribution in [0.3, 0.4) is 0 Å². The van der Waals surface area contributed by atoms with Gasteiger partial charge < -0.3 is 57.6 Å². The number of benzene rings is 8. The topological polar surface area (TPSA) is 352 Å². The zero-order valence-electron chi connectivity index (χ0n) is 57.2. The molecule has 14 rings (SSSR count). The van der Waals surface area contributed by atoms with Crippen LogP contribution < -0.4 is 29.6 Å². The molecule has 0 bridgehead atoms. The van der Waals surface area contributed by atoms with Gasteiger partial charge in [0.1, 0.15) is 59.1 Å². The van der Waals surface area contributed by atoms with Crippen molar-refractivity contribution in [3.05, 3.63) is 309 Å². The smallest absolute Gasteiger partial charge is 0.320 e. The maximum absolute atomic E-state index is 15.9. The molecular formula is C76H67N16O13P. The molecule has 0 saturated carbocycles. The van der Waals surface area contributed by atoms with Crippen molar-refractivity contribution in [3.8, 4) is 23.0 Å². The molecule has 106 heavy (non-hydrogen) atoms. The monoisotopic (exact) mass is 1440 g/mol. The summed E-state index contributed by atoms with van der Waals surface area (Å²) in [6.07, 6.45) is -3.37. The Kier molecular flexibility index (Phi) is 21.1. The molecule has 0 spiro atoms. The predicted molar refractivity (Wildman–Crippen MR) is 388 cm³/mol. The number of fused-ring (bicyclic) bond motifs is 2. The number of nitrogens with one attached hydrogen (secondary N) is 2. The van der Waals surface area contributed by atoms with Crippen LogP contribution in [0.15, 0.2) is 254 Å². The molecule has 0 aliphatic carbocycles. The van der Waals surface area contributed by atoms with Crippen LogP contribution in [0.1, 0.15) is 66.6 Å². The van der Waals surface area contributed by atoms with Crippen LogP contribution in [0.5, 0.6) is 23.0 Å². The van der Waals surface area contributed by atoms with E-state index in [2.05, 4.69) is 60.6 Å². The van der Waals surface area contributed by atoms with Crippen molar-refractivity contribution in [2.24, 2.45) is 10.2 Å². The number of rotatable bonds is 28. The predicted octanol–water partition coefficient (Wildman–Crippen LogP) is 13.5. The quantitative estimate of drug-likeness (QED) is 0.0151. The Morgan fingerprint density at radius 2 is 0.764 bits per heavy atom. The van der Waals surface area contributed by atoms with Crippen molar-refractivity contribution in [1.82, 2.24) is 39.0 Å². The van der Waals surface area contributed by atoms with Gasteiger partial charge >= 0.3 is 8.25 Å². The molecule has 2 saturated heterocycles. The molecular weight excluding hydrogens is 1380 g/mol. The van der Waals surface area contributed by atoms with Crippen LogP contribution in [0.2, 0.25) is 0 Å². The SMILES string of the molecule is COc1ccc(C(OC[C@H]2O[C@@H](n3cnc4c(NC(=O)c5ccccc5)ncnc43)[C@H](O[PH](=O)O[C@@H]3[C@H](N=[N+]=[N-])[C@@H](COC(c4ccccc4)(c4ccc(OC)cc4)c4ccc(OC)cc4)O[C@H]3n3cnc4c(NC(=O)c5ccccc5)ncnc43)[C@@H]2N=[N+]=[N-])(c2ccccc2)c2ccc(OC)cc2)cc1. The van der Waals surface area contributed by atoms with Gasteiger partial charge in [-0.2, -0.15) is 0 Å². The number of aromatic nitrogens is 8. The Balaban J connectivity index is 0.868. The highest BCUT2D eigenvalue weighted by Crippen LogP contribution is 2.50. The summed E-state index contributed by atoms with van der Waals surface area (Å²) in [5.74, 6) is 1.43. The van der Waals surface area contributed by atoms with Crippen molar-refractivity contribution in [2.45, 2.75) is 60.2 Å². The number of azide groups is 2. The van der Waals surface area contributed by atoms with Crippen LogP contribution in [-0.2, 0) is 43.8 Å². The highest BCUT2D eigenvalue weighted by Gasteiger charge is 2.53. The standard InChI is InChI=1S/C76H67N16O13P/c1-96-55-33-25-51(26-34-55)75(49-21-13-7-14-22-49,52-27-35-56(97-2)36-28-52)100-41-59-61(87-89-77)65(73(102-59)91-45-83-63-67(79-43-81-69(63)91)85-71(93)47-17-9-5-10-18-47)104-106(95)105-66-62(88-90-78)60(103-74(66)92-46-84-64-68(80-44-82-70(64)92)86-72(94)48-19-11-6-12-20-48)42-101-76(50-23-15-8-16-24-50,53-29-37-57(98-3)38-30-53)54-31-39-58(99-4)40-32-54/h5-40,43-46,59-62,65-66,73-74,106H,41-42H2,1-4H3,(H,79,81,85,93)(H,80,82,86,94)/t59-,60-,61-,62-,65-,66-,73-,74-/m1/s1. The lowest BCUT2D eigenvalue weighted by Gasteiger charge is -2.37. The molecule has 12 aromatic rings. The van der Waals surface area contributed by atoms with Gasteiger partial charge in [0, 0.05) is 21.0 Å². The van der Waals surface area contributed by atoms with Crippen LogP contribution >= 0.6 is 8.25 Å². The molecule has 8 aromatic carbocycles. The van der Waals surface area contributed by atoms with Gasteiger partial charge in [0.25, 0.3) is 11.8 Å². The summed E-state index contributed by atoms with van der Waals surface area (Å²) >= 11 is 0. The first kappa shape index (κ1) is 70.6. The van der Waals surface area contributed by atoms with Gasteiger partial charge in [0.2, 0.25) is 0 Å². The first-order chi connectivity index (χ1) is 52.0. The van der Waals surface area contributed by atoms with Gasteiger partial charge in [-0.15, -0.1) is 0 Å². The molecule has 2 fully saturated rings. The van der Waals surface area contributed by atoms with Crippen LogP contribution in [0, 0.1) is 0 Å². The van der Waals surface area contributed by atoms with Gasteiger partial charge in [0.05, 0.1) is 78.6 Å². The number of hydrogen-bond acceptors (Lipinski definition) is 21. The average molecular weight is 1440 g/mol. The molecule has 2 N–H and O–H groups in total. The van der Waals surface area contributed by atoms with Crippen molar-refractivity contribution < 1.29 is 61.1 Å². The van der Waals surface area contributed by atoms with Crippen LogP contribution in [-0.4, -0.2) is 129 Å². The van der Waals surface area contributed by atoms with E-state index in [4.69, 9.17) is 46.9 Å². The highest BCUT2D eigenvalue weighted by molar-refractivity contribution is 7.33. The molecule has 0 unspecified atom stereocenters. The molecule has 2 aliphatic rings. The summed E-state index contributed by atoms with van der Waals surface area (Å²) in [6, 6.07) is 62.7. The highest BCUT2D eigenvalue weighted by atomic mass is 31.1. The number of carbonyl (C=O) groups is 2. The molecule has 8 atom stereocenters. The fourth-order valence-electron chi connectivity index (χ4n) is 13.4. The van der Waals surface area contributed by atoms with E-state index in [1.165, 1.54) is 34.4 Å². The zero-order chi connectivity index (χ0) is 73.2. The number of ether oxygens (including phenoxy) is 8. The van der Waals surface area contributed by atoms with E-state index in [9.17, 15) is 20.7 Å². The Bertz CT molecular complexity index is 4760. The number of carbonyl (C=O) groups excluding carboxylic acids is 2. The molecule has 0 radical (unpaired) electrons. The van der Waals surface area contributed by atoms with E-state index in [-0.39, 0.29) is 47.2 Å². The number of hydrogen-bond donors (Lipinski definition) is 2. The van der Waals surface area contributed by atoms with E-state index in [0.717, 1.165) is 0 Å². The number of methoxy groups -OCH3 is 4. The first-order valence-corrected chi connectivity index (χ1v) is 34.5. The lowest BCUT2D eigenvalue weighted by Crippen LogP contribution is -2.39. The normalized spacial score (nSPS) is 18.8. The first-order valence-electron chi connectivity index (χ1n) is 33.3. The fraction of sp³-hybridized carbons (Fsp3) is 0.211. The van der Waals surface area contributed by atoms with Crippen LogP contribution in [0.4, 0.5) is 11.6 Å². The summed E-state index contributed by atoms with van der Waals surface area (Å²) in [5.41, 5.74) is 23.7. The number of anilines is 2. The van der Waals surface area contributed by atoms with Gasteiger partial charge in [-0.05, 0) is 117 Å². The number of imidazole rings is 2. The molecule has 4 aromatic heterocycles. The second-order valence-electron chi connectivity index (χ2n) is 24.3. The van der Waals surface area contributed by atoms with E-state index in [1.54, 1.807) is 89.1 Å². The van der Waals surface area contributed by atoms with Crippen molar-refractivity contribution in [1.29, 1.82) is 0 Å². The third-order valence-corrected chi connectivity index (χ3v) is 19.5.